The average Bonchev–Trinajstić information content (AvgIpc) is 2.93. The van der Waals surface area contributed by atoms with E-state index in [2.05, 4.69) is 24.4 Å². The largest absolute Gasteiger partial charge is 0.372 e. The molecule has 0 spiro atoms. The lowest BCUT2D eigenvalue weighted by molar-refractivity contribution is 0.0336. The van der Waals surface area contributed by atoms with Gasteiger partial charge >= 0.3 is 0 Å². The molecule has 2 unspecified atom stereocenters. The van der Waals surface area contributed by atoms with Crippen molar-refractivity contribution in [2.75, 3.05) is 13.2 Å². The van der Waals surface area contributed by atoms with Gasteiger partial charge in [0, 0.05) is 11.5 Å². The molecule has 1 aromatic carbocycles. The van der Waals surface area contributed by atoms with Crippen LogP contribution in [0, 0.1) is 0 Å². The maximum absolute atomic E-state index is 6.36. The van der Waals surface area contributed by atoms with E-state index in [0.717, 1.165) is 22.9 Å². The third kappa shape index (κ3) is 4.30. The summed E-state index contributed by atoms with van der Waals surface area (Å²) in [6.45, 7) is 5.81. The summed E-state index contributed by atoms with van der Waals surface area (Å²) >= 11 is 8.04. The number of nitrogens with one attached hydrogen (secondary N) is 1. The van der Waals surface area contributed by atoms with E-state index < -0.39 is 0 Å². The quantitative estimate of drug-likeness (QED) is 0.719. The Balaban J connectivity index is 2.33. The highest BCUT2D eigenvalue weighted by molar-refractivity contribution is 7.10. The van der Waals surface area contributed by atoms with Crippen molar-refractivity contribution < 1.29 is 4.74 Å². The Morgan fingerprint density at radius 1 is 1.19 bits per heavy atom. The van der Waals surface area contributed by atoms with Crippen molar-refractivity contribution in [3.63, 3.8) is 0 Å². The summed E-state index contributed by atoms with van der Waals surface area (Å²) in [6, 6.07) is 12.4. The van der Waals surface area contributed by atoms with Crippen molar-refractivity contribution in [2.24, 2.45) is 0 Å². The monoisotopic (exact) mass is 323 g/mol. The molecule has 2 atom stereocenters. The molecule has 2 aromatic rings. The van der Waals surface area contributed by atoms with E-state index in [0.29, 0.717) is 6.61 Å². The van der Waals surface area contributed by atoms with Crippen LogP contribution in [0.4, 0.5) is 0 Å². The molecule has 2 rings (SSSR count). The van der Waals surface area contributed by atoms with Gasteiger partial charge in [-0.3, -0.25) is 0 Å². The molecule has 0 saturated carbocycles. The third-order valence-electron chi connectivity index (χ3n) is 3.32. The molecule has 2 nitrogen and oxygen atoms in total. The number of thiophene rings is 1. The van der Waals surface area contributed by atoms with Gasteiger partial charge in [-0.05, 0) is 36.9 Å². The Morgan fingerprint density at radius 3 is 2.52 bits per heavy atom. The molecule has 1 heterocycles. The lowest BCUT2D eigenvalue weighted by atomic mass is 10.0. The number of hydrogen-bond acceptors (Lipinski definition) is 3. The topological polar surface area (TPSA) is 21.3 Å². The molecule has 0 aliphatic rings. The van der Waals surface area contributed by atoms with Crippen LogP contribution in [0.2, 0.25) is 5.02 Å². The zero-order valence-corrected chi connectivity index (χ0v) is 14.1. The molecule has 0 aliphatic heterocycles. The van der Waals surface area contributed by atoms with E-state index >= 15 is 0 Å². The zero-order chi connectivity index (χ0) is 15.1. The predicted molar refractivity (Wildman–Crippen MR) is 91.2 cm³/mol. The third-order valence-corrected chi connectivity index (χ3v) is 4.76. The average molecular weight is 324 g/mol. The maximum atomic E-state index is 6.36. The highest BCUT2D eigenvalue weighted by atomic mass is 35.5. The minimum Gasteiger partial charge on any atom is -0.372 e. The summed E-state index contributed by atoms with van der Waals surface area (Å²) in [7, 11) is 0. The molecule has 21 heavy (non-hydrogen) atoms. The van der Waals surface area contributed by atoms with E-state index in [4.69, 9.17) is 16.3 Å². The molecular weight excluding hydrogens is 302 g/mol. The molecule has 0 radical (unpaired) electrons. The van der Waals surface area contributed by atoms with E-state index in [1.165, 1.54) is 5.56 Å². The fourth-order valence-corrected chi connectivity index (χ4v) is 3.65. The van der Waals surface area contributed by atoms with Gasteiger partial charge < -0.3 is 10.1 Å². The van der Waals surface area contributed by atoms with E-state index in [-0.39, 0.29) is 12.1 Å². The van der Waals surface area contributed by atoms with Gasteiger partial charge in [0.15, 0.2) is 0 Å². The minimum atomic E-state index is -0.0288. The second-order valence-corrected chi connectivity index (χ2v) is 6.21. The van der Waals surface area contributed by atoms with Gasteiger partial charge in [0.25, 0.3) is 0 Å². The summed E-state index contributed by atoms with van der Waals surface area (Å²) in [4.78, 5) is 1.15. The first kappa shape index (κ1) is 16.5. The Morgan fingerprint density at radius 2 is 1.95 bits per heavy atom. The molecule has 0 amide bonds. The summed E-state index contributed by atoms with van der Waals surface area (Å²) in [5.74, 6) is 0. The summed E-state index contributed by atoms with van der Waals surface area (Å²) in [6.07, 6.45) is 1.05. The highest BCUT2D eigenvalue weighted by Crippen LogP contribution is 2.38. The highest BCUT2D eigenvalue weighted by Gasteiger charge is 2.27. The van der Waals surface area contributed by atoms with Crippen LogP contribution in [0.1, 0.15) is 42.9 Å². The molecule has 0 fully saturated rings. The van der Waals surface area contributed by atoms with Gasteiger partial charge in [0.1, 0.15) is 6.10 Å². The van der Waals surface area contributed by atoms with Crippen molar-refractivity contribution in [3.05, 3.63) is 57.2 Å². The van der Waals surface area contributed by atoms with Crippen LogP contribution in [-0.2, 0) is 4.74 Å². The Labute approximate surface area is 136 Å². The van der Waals surface area contributed by atoms with Crippen LogP contribution in [0.15, 0.2) is 41.8 Å². The van der Waals surface area contributed by atoms with Gasteiger partial charge in [0.2, 0.25) is 0 Å². The Kier molecular flexibility index (Phi) is 6.71. The van der Waals surface area contributed by atoms with Crippen LogP contribution in [0.3, 0.4) is 0 Å². The fraction of sp³-hybridized carbons (Fsp3) is 0.412. The first-order valence-corrected chi connectivity index (χ1v) is 8.66. The van der Waals surface area contributed by atoms with Crippen molar-refractivity contribution in [1.29, 1.82) is 0 Å². The van der Waals surface area contributed by atoms with Gasteiger partial charge in [-0.2, -0.15) is 0 Å². The van der Waals surface area contributed by atoms with Crippen molar-refractivity contribution >= 4 is 22.9 Å². The van der Waals surface area contributed by atoms with E-state index in [1.807, 2.05) is 36.6 Å². The summed E-state index contributed by atoms with van der Waals surface area (Å²) in [5.41, 5.74) is 1.18. The van der Waals surface area contributed by atoms with Gasteiger partial charge in [-0.1, -0.05) is 48.9 Å². The number of ether oxygens (including phenoxy) is 1. The van der Waals surface area contributed by atoms with Gasteiger partial charge in [0.05, 0.1) is 11.1 Å². The van der Waals surface area contributed by atoms with E-state index in [1.54, 1.807) is 11.3 Å². The fourth-order valence-electron chi connectivity index (χ4n) is 2.37. The Bertz CT molecular complexity index is 529. The van der Waals surface area contributed by atoms with Crippen LogP contribution in [0.25, 0.3) is 0 Å². The summed E-state index contributed by atoms with van der Waals surface area (Å²) in [5, 5.41) is 6.45. The van der Waals surface area contributed by atoms with Crippen LogP contribution in [0.5, 0.6) is 0 Å². The molecule has 0 saturated heterocycles. The second kappa shape index (κ2) is 8.54. The standard InChI is InChI=1S/C17H22ClNOS/c1-3-11-19-15(17-14(18)10-12-21-17)16(20-4-2)13-8-6-5-7-9-13/h5-10,12,15-16,19H,3-4,11H2,1-2H3. The lowest BCUT2D eigenvalue weighted by Crippen LogP contribution is -2.29. The molecule has 114 valence electrons. The maximum Gasteiger partial charge on any atom is 0.103 e. The molecule has 1 aromatic heterocycles. The van der Waals surface area contributed by atoms with E-state index in [9.17, 15) is 0 Å². The van der Waals surface area contributed by atoms with Crippen LogP contribution >= 0.6 is 22.9 Å². The number of rotatable bonds is 8. The first-order chi connectivity index (χ1) is 10.3. The van der Waals surface area contributed by atoms with Gasteiger partial charge in [-0.15, -0.1) is 11.3 Å². The number of halogens is 1. The van der Waals surface area contributed by atoms with Crippen LogP contribution in [-0.4, -0.2) is 13.2 Å². The van der Waals surface area contributed by atoms with Crippen molar-refractivity contribution in [2.45, 2.75) is 32.4 Å². The first-order valence-electron chi connectivity index (χ1n) is 7.40. The van der Waals surface area contributed by atoms with Crippen molar-refractivity contribution in [1.82, 2.24) is 5.32 Å². The number of hydrogen-bond donors (Lipinski definition) is 1. The lowest BCUT2D eigenvalue weighted by Gasteiger charge is -2.28. The van der Waals surface area contributed by atoms with Gasteiger partial charge in [-0.25, -0.2) is 0 Å². The molecular formula is C17H22ClNOS. The molecule has 0 bridgehead atoms. The van der Waals surface area contributed by atoms with Crippen molar-refractivity contribution in [3.8, 4) is 0 Å². The second-order valence-electron chi connectivity index (χ2n) is 4.85. The molecule has 0 aliphatic carbocycles. The minimum absolute atomic E-state index is 0.0288. The zero-order valence-electron chi connectivity index (χ0n) is 12.5. The summed E-state index contributed by atoms with van der Waals surface area (Å²) < 4.78 is 6.05. The smallest absolute Gasteiger partial charge is 0.103 e. The van der Waals surface area contributed by atoms with Crippen LogP contribution < -0.4 is 5.32 Å². The SMILES string of the molecule is CCCNC(c1sccc1Cl)C(OCC)c1ccccc1. The Hall–Kier alpha value is -0.870. The molecule has 1 N–H and O–H groups in total. The molecule has 4 heteroatoms. The predicted octanol–water partition coefficient (Wildman–Crippen LogP) is 5.22. The number of benzene rings is 1. The normalized spacial score (nSPS) is 14.0.